The molecule has 0 amide bonds. The van der Waals surface area contributed by atoms with Crippen LogP contribution in [0.4, 0.5) is 0 Å². The van der Waals surface area contributed by atoms with Crippen LogP contribution in [0.3, 0.4) is 0 Å². The Kier molecular flexibility index (Phi) is 10.4. The Hall–Kier alpha value is -0.900. The number of nitrogens with one attached hydrogen (secondary N) is 2. The average molecular weight is 490 g/mol. The third-order valence-electron chi connectivity index (χ3n) is 4.18. The minimum absolute atomic E-state index is 0. The standard InChI is InChI=1S/C19H30N4OS.HI/c1-5-20-19(21-10-11-23(4)14(2)3)22-13-16(24)18-12-15-8-6-7-9-17(15)25-18;/h6-9,12,14,16,24H,5,10-11,13H2,1-4H3,(H2,20,21,22);1H. The summed E-state index contributed by atoms with van der Waals surface area (Å²) in [6, 6.07) is 10.8. The molecule has 0 saturated carbocycles. The Balaban J connectivity index is 0.00000338. The topological polar surface area (TPSA) is 59.9 Å². The van der Waals surface area contributed by atoms with Crippen molar-refractivity contribution in [1.82, 2.24) is 15.5 Å². The van der Waals surface area contributed by atoms with E-state index in [4.69, 9.17) is 0 Å². The first-order valence-electron chi connectivity index (χ1n) is 8.90. The summed E-state index contributed by atoms with van der Waals surface area (Å²) >= 11 is 1.63. The van der Waals surface area contributed by atoms with Gasteiger partial charge in [0.05, 0.1) is 6.54 Å². The van der Waals surface area contributed by atoms with Crippen LogP contribution >= 0.6 is 35.3 Å². The molecule has 0 bridgehead atoms. The zero-order valence-corrected chi connectivity index (χ0v) is 19.2. The van der Waals surface area contributed by atoms with Crippen molar-refractivity contribution in [2.24, 2.45) is 4.99 Å². The maximum absolute atomic E-state index is 10.5. The lowest BCUT2D eigenvalue weighted by atomic mass is 10.2. The number of thiophene rings is 1. The van der Waals surface area contributed by atoms with Crippen LogP contribution in [0, 0.1) is 0 Å². The van der Waals surface area contributed by atoms with Crippen molar-refractivity contribution in [2.45, 2.75) is 32.9 Å². The third-order valence-corrected chi connectivity index (χ3v) is 5.40. The molecule has 0 saturated heterocycles. The predicted molar refractivity (Wildman–Crippen MR) is 124 cm³/mol. The van der Waals surface area contributed by atoms with Crippen LogP contribution in [-0.4, -0.2) is 55.2 Å². The van der Waals surface area contributed by atoms with Gasteiger partial charge in [0.1, 0.15) is 6.10 Å². The van der Waals surface area contributed by atoms with E-state index in [0.717, 1.165) is 30.5 Å². The molecule has 0 aliphatic heterocycles. The first kappa shape index (κ1) is 23.1. The van der Waals surface area contributed by atoms with Crippen molar-refractivity contribution in [2.75, 3.05) is 33.2 Å². The fourth-order valence-electron chi connectivity index (χ4n) is 2.38. The lowest BCUT2D eigenvalue weighted by Gasteiger charge is -2.21. The van der Waals surface area contributed by atoms with E-state index in [0.29, 0.717) is 12.6 Å². The molecule has 1 atom stereocenters. The molecule has 0 spiro atoms. The summed E-state index contributed by atoms with van der Waals surface area (Å²) < 4.78 is 1.20. The van der Waals surface area contributed by atoms with E-state index < -0.39 is 6.10 Å². The molecule has 3 N–H and O–H groups in total. The summed E-state index contributed by atoms with van der Waals surface area (Å²) in [5.41, 5.74) is 0. The number of hydrogen-bond acceptors (Lipinski definition) is 4. The van der Waals surface area contributed by atoms with Crippen LogP contribution in [0.1, 0.15) is 31.8 Å². The largest absolute Gasteiger partial charge is 0.386 e. The summed E-state index contributed by atoms with van der Waals surface area (Å²) in [6.07, 6.45) is -0.578. The first-order valence-corrected chi connectivity index (χ1v) is 9.71. The van der Waals surface area contributed by atoms with Gasteiger partial charge in [0.15, 0.2) is 5.96 Å². The Labute approximate surface area is 177 Å². The zero-order valence-electron chi connectivity index (χ0n) is 16.0. The average Bonchev–Trinajstić information content (AvgIpc) is 3.03. The highest BCUT2D eigenvalue weighted by Crippen LogP contribution is 2.29. The summed E-state index contributed by atoms with van der Waals surface area (Å²) in [6.45, 7) is 9.31. The molecule has 146 valence electrons. The number of aliphatic imine (C=N–C) groups is 1. The van der Waals surface area contributed by atoms with Gasteiger partial charge >= 0.3 is 0 Å². The second-order valence-corrected chi connectivity index (χ2v) is 7.54. The second kappa shape index (κ2) is 11.7. The molecule has 5 nitrogen and oxygen atoms in total. The quantitative estimate of drug-likeness (QED) is 0.302. The van der Waals surface area contributed by atoms with Gasteiger partial charge < -0.3 is 20.6 Å². The fraction of sp³-hybridized carbons (Fsp3) is 0.526. The highest BCUT2D eigenvalue weighted by molar-refractivity contribution is 14.0. The summed E-state index contributed by atoms with van der Waals surface area (Å²) in [4.78, 5) is 7.77. The maximum Gasteiger partial charge on any atom is 0.191 e. The lowest BCUT2D eigenvalue weighted by molar-refractivity contribution is 0.191. The predicted octanol–water partition coefficient (Wildman–Crippen LogP) is 3.45. The van der Waals surface area contributed by atoms with Crippen molar-refractivity contribution < 1.29 is 5.11 Å². The first-order chi connectivity index (χ1) is 12.0. The van der Waals surface area contributed by atoms with Crippen molar-refractivity contribution in [3.05, 3.63) is 35.2 Å². The van der Waals surface area contributed by atoms with E-state index in [9.17, 15) is 5.11 Å². The molecule has 0 radical (unpaired) electrons. The number of hydrogen-bond donors (Lipinski definition) is 3. The molecular weight excluding hydrogens is 459 g/mol. The van der Waals surface area contributed by atoms with Crippen LogP contribution in [0.25, 0.3) is 10.1 Å². The molecule has 0 fully saturated rings. The summed E-state index contributed by atoms with van der Waals surface area (Å²) in [7, 11) is 2.11. The normalized spacial score (nSPS) is 13.1. The van der Waals surface area contributed by atoms with Gasteiger partial charge in [-0.3, -0.25) is 4.99 Å². The Morgan fingerprint density at radius 1 is 1.27 bits per heavy atom. The van der Waals surface area contributed by atoms with Crippen molar-refractivity contribution in [1.29, 1.82) is 0 Å². The number of nitrogens with zero attached hydrogens (tertiary/aromatic N) is 2. The van der Waals surface area contributed by atoms with E-state index in [1.54, 1.807) is 11.3 Å². The highest BCUT2D eigenvalue weighted by Gasteiger charge is 2.11. The Bertz CT molecular complexity index is 656. The molecule has 1 heterocycles. The fourth-order valence-corrected chi connectivity index (χ4v) is 3.43. The van der Waals surface area contributed by atoms with Gasteiger partial charge in [-0.05, 0) is 45.3 Å². The number of rotatable bonds is 8. The number of fused-ring (bicyclic) bond motifs is 1. The molecule has 2 aromatic rings. The van der Waals surface area contributed by atoms with Gasteiger partial charge in [-0.25, -0.2) is 0 Å². The summed E-state index contributed by atoms with van der Waals surface area (Å²) in [5.74, 6) is 0.750. The molecule has 1 aromatic carbocycles. The Morgan fingerprint density at radius 2 is 2.00 bits per heavy atom. The number of halogens is 1. The van der Waals surface area contributed by atoms with E-state index in [1.165, 1.54) is 10.1 Å². The van der Waals surface area contributed by atoms with Crippen molar-refractivity contribution >= 4 is 51.4 Å². The number of aliphatic hydroxyl groups excluding tert-OH is 1. The SMILES string of the molecule is CCNC(=NCC(O)c1cc2ccccc2s1)NCCN(C)C(C)C.I. The van der Waals surface area contributed by atoms with Crippen LogP contribution in [0.5, 0.6) is 0 Å². The minimum atomic E-state index is -0.578. The number of aliphatic hydroxyl groups is 1. The van der Waals surface area contributed by atoms with Crippen LogP contribution < -0.4 is 10.6 Å². The van der Waals surface area contributed by atoms with Crippen molar-refractivity contribution in [3.63, 3.8) is 0 Å². The lowest BCUT2D eigenvalue weighted by Crippen LogP contribution is -2.42. The van der Waals surface area contributed by atoms with Gasteiger partial charge in [0.2, 0.25) is 0 Å². The smallest absolute Gasteiger partial charge is 0.191 e. The van der Waals surface area contributed by atoms with Gasteiger partial charge in [0.25, 0.3) is 0 Å². The molecule has 2 rings (SSSR count). The van der Waals surface area contributed by atoms with Gasteiger partial charge in [0, 0.05) is 35.3 Å². The number of guanidine groups is 1. The molecule has 26 heavy (non-hydrogen) atoms. The van der Waals surface area contributed by atoms with Crippen LogP contribution in [0.15, 0.2) is 35.3 Å². The molecule has 0 aliphatic carbocycles. The number of likely N-dealkylation sites (N-methyl/N-ethyl adjacent to an activating group) is 1. The van der Waals surface area contributed by atoms with E-state index in [2.05, 4.69) is 59.6 Å². The van der Waals surface area contributed by atoms with Gasteiger partial charge in [-0.1, -0.05) is 18.2 Å². The monoisotopic (exact) mass is 490 g/mol. The van der Waals surface area contributed by atoms with Crippen LogP contribution in [-0.2, 0) is 0 Å². The second-order valence-electron chi connectivity index (χ2n) is 6.42. The highest BCUT2D eigenvalue weighted by atomic mass is 127. The van der Waals surface area contributed by atoms with Gasteiger partial charge in [-0.15, -0.1) is 35.3 Å². The molecule has 1 aromatic heterocycles. The van der Waals surface area contributed by atoms with Gasteiger partial charge in [-0.2, -0.15) is 0 Å². The zero-order chi connectivity index (χ0) is 18.2. The minimum Gasteiger partial charge on any atom is -0.386 e. The van der Waals surface area contributed by atoms with E-state index >= 15 is 0 Å². The van der Waals surface area contributed by atoms with Crippen LogP contribution in [0.2, 0.25) is 0 Å². The van der Waals surface area contributed by atoms with Crippen molar-refractivity contribution in [3.8, 4) is 0 Å². The maximum atomic E-state index is 10.5. The molecular formula is C19H31IN4OS. The van der Waals surface area contributed by atoms with E-state index in [-0.39, 0.29) is 24.0 Å². The number of benzene rings is 1. The van der Waals surface area contributed by atoms with E-state index in [1.807, 2.05) is 19.1 Å². The Morgan fingerprint density at radius 3 is 2.65 bits per heavy atom. The molecule has 1 unspecified atom stereocenters. The third kappa shape index (κ3) is 7.02. The molecule has 7 heteroatoms. The molecule has 0 aliphatic rings. The summed E-state index contributed by atoms with van der Waals surface area (Å²) in [5, 5.41) is 18.2.